The number of alkyl halides is 6. The van der Waals surface area contributed by atoms with Crippen molar-refractivity contribution in [2.24, 2.45) is 0 Å². The van der Waals surface area contributed by atoms with Gasteiger partial charge in [0.2, 0.25) is 5.91 Å². The van der Waals surface area contributed by atoms with Gasteiger partial charge < -0.3 is 10.6 Å². The molecule has 4 nitrogen and oxygen atoms in total. The quantitative estimate of drug-likeness (QED) is 0.362. The lowest BCUT2D eigenvalue weighted by Crippen LogP contribution is -2.47. The molecule has 2 unspecified atom stereocenters. The average molecular weight is 586 g/mol. The number of hydrogen-bond donors (Lipinski definition) is 2. The highest BCUT2D eigenvalue weighted by atomic mass is 79.9. The van der Waals surface area contributed by atoms with Crippen LogP contribution in [0, 0.1) is 6.92 Å². The molecule has 0 aromatic heterocycles. The van der Waals surface area contributed by atoms with Gasteiger partial charge in [-0.1, -0.05) is 42.0 Å². The molecule has 0 bridgehead atoms. The average Bonchev–Trinajstić information content (AvgIpc) is 2.73. The Hall–Kier alpha value is -2.53. The SMILES string of the molecule is Cc1ccc(C(C=Cc2ccc(C(=O)NC(C)C(=O)NCC(F)(F)F)c(Br)c2)C(F)(F)F)cc1Cl. The fourth-order valence-electron chi connectivity index (χ4n) is 2.92. The molecule has 0 aliphatic rings. The van der Waals surface area contributed by atoms with Crippen molar-refractivity contribution in [3.8, 4) is 0 Å². The molecule has 2 rings (SSSR count). The number of amides is 2. The summed E-state index contributed by atoms with van der Waals surface area (Å²) < 4.78 is 77.8. The second-order valence-electron chi connectivity index (χ2n) is 7.65. The zero-order valence-electron chi connectivity index (χ0n) is 18.3. The van der Waals surface area contributed by atoms with Crippen LogP contribution in [0.1, 0.15) is 39.9 Å². The Labute approximate surface area is 210 Å². The molecular weight excluding hydrogens is 566 g/mol. The van der Waals surface area contributed by atoms with Crippen molar-refractivity contribution in [3.05, 3.63) is 74.2 Å². The van der Waals surface area contributed by atoms with Crippen molar-refractivity contribution in [1.29, 1.82) is 0 Å². The van der Waals surface area contributed by atoms with Gasteiger partial charge in [0.25, 0.3) is 5.91 Å². The number of halogens is 8. The first-order valence-corrected chi connectivity index (χ1v) is 11.2. The predicted molar refractivity (Wildman–Crippen MR) is 124 cm³/mol. The number of carbonyl (C=O) groups is 2. The third kappa shape index (κ3) is 8.57. The first-order chi connectivity index (χ1) is 16.1. The first-order valence-electron chi connectivity index (χ1n) is 10.0. The molecule has 2 atom stereocenters. The van der Waals surface area contributed by atoms with E-state index >= 15 is 0 Å². The van der Waals surface area contributed by atoms with E-state index in [-0.39, 0.29) is 20.6 Å². The van der Waals surface area contributed by atoms with E-state index in [0.29, 0.717) is 11.1 Å². The van der Waals surface area contributed by atoms with Gasteiger partial charge in [0.15, 0.2) is 0 Å². The highest BCUT2D eigenvalue weighted by Gasteiger charge is 2.39. The number of carbonyl (C=O) groups excluding carboxylic acids is 2. The number of hydrogen-bond acceptors (Lipinski definition) is 2. The molecule has 2 N–H and O–H groups in total. The summed E-state index contributed by atoms with van der Waals surface area (Å²) in [5.74, 6) is -3.70. The second kappa shape index (κ2) is 11.5. The summed E-state index contributed by atoms with van der Waals surface area (Å²) in [5, 5.41) is 4.14. The van der Waals surface area contributed by atoms with E-state index in [1.54, 1.807) is 12.2 Å². The monoisotopic (exact) mass is 584 g/mol. The Morgan fingerprint density at radius 3 is 2.29 bits per heavy atom. The van der Waals surface area contributed by atoms with Crippen LogP contribution in [0.3, 0.4) is 0 Å². The lowest BCUT2D eigenvalue weighted by atomic mass is 9.96. The standard InChI is InChI=1S/C23H20BrClF6N2O2/c1-12-3-6-15(10-19(12)25)17(23(29,30)31)8-5-14-4-7-16(18(24)9-14)21(35)33-13(2)20(34)32-11-22(26,27)28/h3-10,13,17H,11H2,1-2H3,(H,32,34)(H,33,35). The Balaban J connectivity index is 2.16. The molecule has 0 saturated heterocycles. The maximum Gasteiger partial charge on any atom is 0.405 e. The van der Waals surface area contributed by atoms with E-state index in [4.69, 9.17) is 11.6 Å². The van der Waals surface area contributed by atoms with Crippen LogP contribution in [0.5, 0.6) is 0 Å². The third-order valence-electron chi connectivity index (χ3n) is 4.83. The number of nitrogens with one attached hydrogen (secondary N) is 2. The van der Waals surface area contributed by atoms with Crippen LogP contribution in [0.15, 0.2) is 46.9 Å². The van der Waals surface area contributed by atoms with Crippen LogP contribution in [-0.2, 0) is 4.79 Å². The Morgan fingerprint density at radius 2 is 1.74 bits per heavy atom. The van der Waals surface area contributed by atoms with Crippen LogP contribution in [0.25, 0.3) is 6.08 Å². The Bertz CT molecular complexity index is 1120. The fraction of sp³-hybridized carbons (Fsp3) is 0.304. The van der Waals surface area contributed by atoms with E-state index in [1.165, 1.54) is 49.4 Å². The van der Waals surface area contributed by atoms with Crippen molar-refractivity contribution in [1.82, 2.24) is 10.6 Å². The molecule has 0 spiro atoms. The predicted octanol–water partition coefficient (Wildman–Crippen LogP) is 6.57. The summed E-state index contributed by atoms with van der Waals surface area (Å²) in [7, 11) is 0. The minimum Gasteiger partial charge on any atom is -0.345 e. The molecule has 0 heterocycles. The van der Waals surface area contributed by atoms with E-state index < -0.39 is 42.7 Å². The lowest BCUT2D eigenvalue weighted by molar-refractivity contribution is -0.139. The van der Waals surface area contributed by atoms with Gasteiger partial charge in [-0.2, -0.15) is 26.3 Å². The summed E-state index contributed by atoms with van der Waals surface area (Å²) in [5.41, 5.74) is 0.995. The van der Waals surface area contributed by atoms with Gasteiger partial charge in [-0.3, -0.25) is 9.59 Å². The van der Waals surface area contributed by atoms with Gasteiger partial charge in [0.1, 0.15) is 12.6 Å². The molecule has 190 valence electrons. The fourth-order valence-corrected chi connectivity index (χ4v) is 3.68. The highest BCUT2D eigenvalue weighted by molar-refractivity contribution is 9.10. The van der Waals surface area contributed by atoms with Gasteiger partial charge >= 0.3 is 12.4 Å². The topological polar surface area (TPSA) is 58.2 Å². The van der Waals surface area contributed by atoms with Gasteiger partial charge in [0.05, 0.1) is 11.5 Å². The molecule has 0 saturated carbocycles. The molecule has 35 heavy (non-hydrogen) atoms. The van der Waals surface area contributed by atoms with Crippen LogP contribution in [0.2, 0.25) is 5.02 Å². The number of allylic oxidation sites excluding steroid dienone is 1. The molecule has 2 aromatic carbocycles. The maximum atomic E-state index is 13.6. The largest absolute Gasteiger partial charge is 0.405 e. The number of benzene rings is 2. The lowest BCUT2D eigenvalue weighted by Gasteiger charge is -2.18. The van der Waals surface area contributed by atoms with Gasteiger partial charge in [-0.05, 0) is 64.7 Å². The van der Waals surface area contributed by atoms with Crippen molar-refractivity contribution in [3.63, 3.8) is 0 Å². The van der Waals surface area contributed by atoms with Gasteiger partial charge in [-0.25, -0.2) is 0 Å². The van der Waals surface area contributed by atoms with Gasteiger partial charge in [0, 0.05) is 9.50 Å². The van der Waals surface area contributed by atoms with Crippen molar-refractivity contribution in [2.45, 2.75) is 38.2 Å². The van der Waals surface area contributed by atoms with Gasteiger partial charge in [-0.15, -0.1) is 0 Å². The smallest absolute Gasteiger partial charge is 0.345 e. The van der Waals surface area contributed by atoms with E-state index in [9.17, 15) is 35.9 Å². The van der Waals surface area contributed by atoms with Crippen molar-refractivity contribution in [2.75, 3.05) is 6.54 Å². The van der Waals surface area contributed by atoms with Crippen molar-refractivity contribution < 1.29 is 35.9 Å². The molecule has 0 aliphatic heterocycles. The van der Waals surface area contributed by atoms with E-state index in [0.717, 1.165) is 6.08 Å². The van der Waals surface area contributed by atoms with Crippen LogP contribution >= 0.6 is 27.5 Å². The number of rotatable bonds is 7. The highest BCUT2D eigenvalue weighted by Crippen LogP contribution is 2.38. The molecule has 12 heteroatoms. The first kappa shape index (κ1) is 28.7. The van der Waals surface area contributed by atoms with E-state index in [2.05, 4.69) is 21.2 Å². The Morgan fingerprint density at radius 1 is 1.09 bits per heavy atom. The summed E-state index contributed by atoms with van der Waals surface area (Å²) in [4.78, 5) is 24.1. The van der Waals surface area contributed by atoms with Crippen molar-refractivity contribution >= 4 is 45.4 Å². The molecular formula is C23H20BrClF6N2O2. The van der Waals surface area contributed by atoms with Crippen LogP contribution in [-0.4, -0.2) is 36.8 Å². The third-order valence-corrected chi connectivity index (χ3v) is 5.89. The Kier molecular flexibility index (Phi) is 9.41. The summed E-state index contributed by atoms with van der Waals surface area (Å²) >= 11 is 9.13. The summed E-state index contributed by atoms with van der Waals surface area (Å²) in [6.07, 6.45) is -6.96. The number of aryl methyl sites for hydroxylation is 1. The molecule has 2 aromatic rings. The zero-order chi connectivity index (χ0) is 26.6. The minimum atomic E-state index is -4.59. The zero-order valence-corrected chi connectivity index (χ0v) is 20.7. The molecule has 0 aliphatic carbocycles. The normalized spacial score (nSPS) is 14.0. The molecule has 0 fully saturated rings. The minimum absolute atomic E-state index is 0.0304. The van der Waals surface area contributed by atoms with E-state index in [1.807, 2.05) is 0 Å². The summed E-state index contributed by atoms with van der Waals surface area (Å²) in [6.45, 7) is 1.35. The molecule has 0 radical (unpaired) electrons. The summed E-state index contributed by atoms with van der Waals surface area (Å²) in [6, 6.07) is 6.94. The maximum absolute atomic E-state index is 13.6. The second-order valence-corrected chi connectivity index (χ2v) is 8.92. The molecule has 2 amide bonds. The van der Waals surface area contributed by atoms with Crippen LogP contribution in [0.4, 0.5) is 26.3 Å². The van der Waals surface area contributed by atoms with Crippen LogP contribution < -0.4 is 10.6 Å².